The summed E-state index contributed by atoms with van der Waals surface area (Å²) in [7, 11) is 0. The lowest BCUT2D eigenvalue weighted by Crippen LogP contribution is -2.29. The lowest BCUT2D eigenvalue weighted by atomic mass is 9.84. The highest BCUT2D eigenvalue weighted by Gasteiger charge is 2.44. The fourth-order valence-electron chi connectivity index (χ4n) is 7.45. The van der Waals surface area contributed by atoms with Gasteiger partial charge in [-0.05, 0) is 98.7 Å². The molecule has 1 N–H and O–H groups in total. The van der Waals surface area contributed by atoms with Crippen molar-refractivity contribution in [1.82, 2.24) is 24.8 Å². The summed E-state index contributed by atoms with van der Waals surface area (Å²) in [6.45, 7) is 4.00. The van der Waals surface area contributed by atoms with Crippen molar-refractivity contribution in [1.29, 1.82) is 0 Å². The molecule has 9 nitrogen and oxygen atoms in total. The molecule has 246 valence electrons. The Morgan fingerprint density at radius 1 is 1.00 bits per heavy atom. The monoisotopic (exact) mass is 667 g/mol. The van der Waals surface area contributed by atoms with Gasteiger partial charge in [0.15, 0.2) is 5.58 Å². The van der Waals surface area contributed by atoms with Gasteiger partial charge in [0.25, 0.3) is 5.91 Å². The highest BCUT2D eigenvalue weighted by atomic mass is 35.5. The molecule has 3 aliphatic rings. The standard InChI is InChI=1S/C37H35ClFN5O4/c1-20-14-24(7-10-40-20)32-28(4-2-21-8-12-47-13-9-21)43-35-26-15-22(26)6-11-41-36(45)34(35)33(32)23-3-5-30-31(16-23)48-37(46)44(30)19-29-27(39)17-25(38)18-42-29/h3,5,7,10,14,16-18,21-22,26H,2,4,6,8-9,11-13,15,19H2,1H3,(H,41,45). The van der Waals surface area contributed by atoms with Gasteiger partial charge in [-0.3, -0.25) is 24.3 Å². The van der Waals surface area contributed by atoms with E-state index in [1.165, 1.54) is 16.8 Å². The number of nitrogens with zero attached hydrogens (tertiary/aromatic N) is 4. The molecule has 1 amide bonds. The molecular formula is C37H35ClFN5O4. The van der Waals surface area contributed by atoms with Crippen molar-refractivity contribution in [3.8, 4) is 22.3 Å². The van der Waals surface area contributed by atoms with Gasteiger partial charge in [0, 0.05) is 60.6 Å². The van der Waals surface area contributed by atoms with Gasteiger partial charge in [-0.25, -0.2) is 9.18 Å². The molecule has 2 unspecified atom stereocenters. The first-order valence-electron chi connectivity index (χ1n) is 16.6. The van der Waals surface area contributed by atoms with Gasteiger partial charge in [-0.15, -0.1) is 0 Å². The molecule has 2 atom stereocenters. The third-order valence-corrected chi connectivity index (χ3v) is 10.3. The first-order chi connectivity index (χ1) is 23.3. The number of benzene rings is 1. The zero-order valence-corrected chi connectivity index (χ0v) is 27.4. The highest BCUT2D eigenvalue weighted by Crippen LogP contribution is 2.53. The van der Waals surface area contributed by atoms with Crippen molar-refractivity contribution in [3.63, 3.8) is 0 Å². The molecule has 2 aliphatic heterocycles. The van der Waals surface area contributed by atoms with Crippen molar-refractivity contribution < 1.29 is 18.3 Å². The maximum absolute atomic E-state index is 14.7. The van der Waals surface area contributed by atoms with E-state index in [4.69, 9.17) is 25.7 Å². The predicted octanol–water partition coefficient (Wildman–Crippen LogP) is 6.86. The number of aromatic nitrogens is 4. The molecule has 4 aromatic heterocycles. The number of amides is 1. The Bertz CT molecular complexity index is 2120. The van der Waals surface area contributed by atoms with Crippen LogP contribution in [0.15, 0.2) is 58.0 Å². The number of rotatable bonds is 7. The molecule has 0 radical (unpaired) electrons. The first-order valence-corrected chi connectivity index (χ1v) is 17.0. The minimum Gasteiger partial charge on any atom is -0.408 e. The van der Waals surface area contributed by atoms with Gasteiger partial charge in [0.2, 0.25) is 0 Å². The molecule has 1 aromatic carbocycles. The number of aryl methyl sites for hydroxylation is 2. The van der Waals surface area contributed by atoms with Crippen LogP contribution in [0.1, 0.15) is 71.2 Å². The average molecular weight is 668 g/mol. The number of nitrogens with one attached hydrogen (secondary N) is 1. The molecule has 0 spiro atoms. The third-order valence-electron chi connectivity index (χ3n) is 10.1. The summed E-state index contributed by atoms with van der Waals surface area (Å²) < 4.78 is 27.4. The smallest absolute Gasteiger partial charge is 0.408 e. The molecule has 1 saturated heterocycles. The lowest BCUT2D eigenvalue weighted by Gasteiger charge is -2.25. The fourth-order valence-corrected chi connectivity index (χ4v) is 7.60. The van der Waals surface area contributed by atoms with Crippen LogP contribution in [0.5, 0.6) is 0 Å². The molecule has 1 saturated carbocycles. The van der Waals surface area contributed by atoms with Gasteiger partial charge in [-0.2, -0.15) is 0 Å². The van der Waals surface area contributed by atoms with Crippen molar-refractivity contribution >= 4 is 28.6 Å². The van der Waals surface area contributed by atoms with Crippen LogP contribution in [0.25, 0.3) is 33.4 Å². The van der Waals surface area contributed by atoms with E-state index in [0.717, 1.165) is 91.1 Å². The van der Waals surface area contributed by atoms with Crippen LogP contribution in [-0.2, 0) is 17.7 Å². The predicted molar refractivity (Wildman–Crippen MR) is 180 cm³/mol. The Morgan fingerprint density at radius 3 is 2.65 bits per heavy atom. The summed E-state index contributed by atoms with van der Waals surface area (Å²) in [6, 6.07) is 10.7. The third kappa shape index (κ3) is 5.81. The van der Waals surface area contributed by atoms with E-state index in [0.29, 0.717) is 35.0 Å². The highest BCUT2D eigenvalue weighted by molar-refractivity contribution is 6.30. The van der Waals surface area contributed by atoms with E-state index in [1.54, 1.807) is 12.3 Å². The summed E-state index contributed by atoms with van der Waals surface area (Å²) in [6.07, 6.45) is 8.85. The van der Waals surface area contributed by atoms with Crippen LogP contribution < -0.4 is 11.1 Å². The summed E-state index contributed by atoms with van der Waals surface area (Å²) in [4.78, 5) is 41.1. The SMILES string of the molecule is Cc1cc(-c2c(CCC3CCOCC3)nc3c(c2-c2ccc4c(c2)oc(=O)n4Cc2ncc(Cl)cc2F)C(=O)NCCC2CC32)ccn1. The Hall–Kier alpha value is -4.41. The molecule has 0 bridgehead atoms. The lowest BCUT2D eigenvalue weighted by molar-refractivity contribution is 0.0639. The minimum atomic E-state index is -0.635. The quantitative estimate of drug-likeness (QED) is 0.202. The number of carbonyl (C=O) groups is 1. The van der Waals surface area contributed by atoms with Crippen molar-refractivity contribution in [3.05, 3.63) is 98.5 Å². The number of pyridine rings is 3. The number of oxazole rings is 1. The Kier molecular flexibility index (Phi) is 8.08. The van der Waals surface area contributed by atoms with Gasteiger partial charge in [-0.1, -0.05) is 17.7 Å². The van der Waals surface area contributed by atoms with Gasteiger partial charge in [0.1, 0.15) is 5.82 Å². The van der Waals surface area contributed by atoms with Crippen molar-refractivity contribution in [2.75, 3.05) is 19.8 Å². The minimum absolute atomic E-state index is 0.0731. The topological polar surface area (TPSA) is 112 Å². The second-order valence-corrected chi connectivity index (χ2v) is 13.7. The van der Waals surface area contributed by atoms with Crippen LogP contribution in [0.3, 0.4) is 0 Å². The second kappa shape index (κ2) is 12.6. The van der Waals surface area contributed by atoms with Crippen LogP contribution in [0.2, 0.25) is 5.02 Å². The molecule has 48 heavy (non-hydrogen) atoms. The number of hydrogen-bond acceptors (Lipinski definition) is 7. The largest absolute Gasteiger partial charge is 0.420 e. The van der Waals surface area contributed by atoms with Gasteiger partial charge in [0.05, 0.1) is 34.0 Å². The van der Waals surface area contributed by atoms with Crippen LogP contribution in [0.4, 0.5) is 4.39 Å². The fraction of sp³-hybridized carbons (Fsp3) is 0.378. The molecule has 1 aliphatic carbocycles. The number of ether oxygens (including phenoxy) is 1. The Labute approximate surface area is 281 Å². The van der Waals surface area contributed by atoms with Gasteiger partial charge < -0.3 is 14.5 Å². The first kappa shape index (κ1) is 30.9. The number of hydrogen-bond donors (Lipinski definition) is 1. The number of fused-ring (bicyclic) bond motifs is 4. The van der Waals surface area contributed by atoms with E-state index in [1.807, 2.05) is 31.2 Å². The Balaban J connectivity index is 1.32. The summed E-state index contributed by atoms with van der Waals surface area (Å²) in [5.41, 5.74) is 7.48. The van der Waals surface area contributed by atoms with Gasteiger partial charge >= 0.3 is 5.76 Å². The van der Waals surface area contributed by atoms with Crippen LogP contribution in [-0.4, -0.2) is 45.2 Å². The van der Waals surface area contributed by atoms with Crippen LogP contribution in [0, 0.1) is 24.6 Å². The van der Waals surface area contributed by atoms with E-state index in [-0.39, 0.29) is 29.1 Å². The van der Waals surface area contributed by atoms with E-state index >= 15 is 0 Å². The maximum Gasteiger partial charge on any atom is 0.420 e. The number of halogens is 2. The van der Waals surface area contributed by atoms with E-state index in [2.05, 4.69) is 15.3 Å². The van der Waals surface area contributed by atoms with Crippen LogP contribution >= 0.6 is 11.6 Å². The Morgan fingerprint density at radius 2 is 1.83 bits per heavy atom. The van der Waals surface area contributed by atoms with E-state index < -0.39 is 11.6 Å². The summed E-state index contributed by atoms with van der Waals surface area (Å²) in [5.74, 6) is -0.137. The second-order valence-electron chi connectivity index (χ2n) is 13.2. The molecule has 2 fully saturated rings. The summed E-state index contributed by atoms with van der Waals surface area (Å²) >= 11 is 5.90. The molecule has 5 aromatic rings. The van der Waals surface area contributed by atoms with Crippen molar-refractivity contribution in [2.24, 2.45) is 11.8 Å². The van der Waals surface area contributed by atoms with Crippen molar-refractivity contribution in [2.45, 2.75) is 57.9 Å². The zero-order chi connectivity index (χ0) is 32.9. The molecule has 11 heteroatoms. The summed E-state index contributed by atoms with van der Waals surface area (Å²) in [5, 5.41) is 3.33. The average Bonchev–Trinajstić information content (AvgIpc) is 3.77. The maximum atomic E-state index is 14.7. The molecule has 8 rings (SSSR count). The normalized spacial score (nSPS) is 19.4. The van der Waals surface area contributed by atoms with E-state index in [9.17, 15) is 14.0 Å². The number of carbonyl (C=O) groups excluding carboxylic acids is 1. The molecule has 6 heterocycles. The zero-order valence-electron chi connectivity index (χ0n) is 26.6. The molecular weight excluding hydrogens is 633 g/mol.